The average molecular weight is 246 g/mol. The van der Waals surface area contributed by atoms with Crippen LogP contribution in [0.3, 0.4) is 0 Å². The van der Waals surface area contributed by atoms with Crippen LogP contribution in [0.25, 0.3) is 21.9 Å². The lowest BCUT2D eigenvalue weighted by Crippen LogP contribution is -1.85. The predicted octanol–water partition coefficient (Wildman–Crippen LogP) is 4.63. The van der Waals surface area contributed by atoms with Crippen LogP contribution in [0.4, 0.5) is 0 Å². The third-order valence-electron chi connectivity index (χ3n) is 3.47. The summed E-state index contributed by atoms with van der Waals surface area (Å²) in [6.45, 7) is 2.13. The molecular formula is C18H14O. The van der Waals surface area contributed by atoms with E-state index in [2.05, 4.69) is 43.3 Å². The summed E-state index contributed by atoms with van der Waals surface area (Å²) in [4.78, 5) is 10.7. The summed E-state index contributed by atoms with van der Waals surface area (Å²) in [5, 5.41) is 2.53. The fourth-order valence-electron chi connectivity index (χ4n) is 2.51. The van der Waals surface area contributed by atoms with Crippen molar-refractivity contribution in [1.82, 2.24) is 0 Å². The first-order valence-electron chi connectivity index (χ1n) is 6.33. The van der Waals surface area contributed by atoms with Crippen LogP contribution < -0.4 is 0 Å². The Hall–Kier alpha value is -2.41. The molecule has 0 aliphatic carbocycles. The molecule has 0 unspecified atom stereocenters. The molecule has 0 bridgehead atoms. The fourth-order valence-corrected chi connectivity index (χ4v) is 2.51. The second kappa shape index (κ2) is 4.69. The maximum absolute atomic E-state index is 10.7. The molecule has 0 N–H and O–H groups in total. The highest BCUT2D eigenvalue weighted by Crippen LogP contribution is 2.30. The topological polar surface area (TPSA) is 17.1 Å². The number of aldehydes is 1. The van der Waals surface area contributed by atoms with E-state index in [0.29, 0.717) is 5.56 Å². The minimum atomic E-state index is 0.709. The van der Waals surface area contributed by atoms with Gasteiger partial charge in [-0.05, 0) is 34.4 Å². The van der Waals surface area contributed by atoms with Crippen molar-refractivity contribution in [2.75, 3.05) is 0 Å². The highest BCUT2D eigenvalue weighted by Gasteiger charge is 2.05. The fraction of sp³-hybridized carbons (Fsp3) is 0.0556. The third kappa shape index (κ3) is 2.04. The van der Waals surface area contributed by atoms with Crippen molar-refractivity contribution in [2.24, 2.45) is 0 Å². The smallest absolute Gasteiger partial charge is 0.150 e. The molecular weight excluding hydrogens is 232 g/mol. The second-order valence-corrected chi connectivity index (χ2v) is 4.72. The van der Waals surface area contributed by atoms with Crippen LogP contribution in [0, 0.1) is 6.92 Å². The first-order chi connectivity index (χ1) is 9.29. The molecule has 0 atom stereocenters. The Balaban J connectivity index is 2.26. The van der Waals surface area contributed by atoms with Crippen molar-refractivity contribution in [3.8, 4) is 11.1 Å². The van der Waals surface area contributed by atoms with Crippen LogP contribution in [0.15, 0.2) is 60.7 Å². The number of aryl methyl sites for hydroxylation is 1. The lowest BCUT2D eigenvalue weighted by molar-refractivity contribution is 0.112. The van der Waals surface area contributed by atoms with Crippen LogP contribution in [-0.2, 0) is 0 Å². The highest BCUT2D eigenvalue weighted by atomic mass is 16.1. The average Bonchev–Trinajstić information content (AvgIpc) is 2.47. The van der Waals surface area contributed by atoms with E-state index in [-0.39, 0.29) is 0 Å². The molecule has 92 valence electrons. The second-order valence-electron chi connectivity index (χ2n) is 4.72. The molecule has 0 amide bonds. The number of benzene rings is 3. The standard InChI is InChI=1S/C18H14O/c1-13-4-2-5-16-6-3-7-17(18(13)16)15-10-8-14(12-19)9-11-15/h2-12H,1H3. The Kier molecular flexibility index (Phi) is 2.88. The van der Waals surface area contributed by atoms with Gasteiger partial charge >= 0.3 is 0 Å². The molecule has 0 radical (unpaired) electrons. The zero-order valence-corrected chi connectivity index (χ0v) is 10.8. The molecule has 0 saturated carbocycles. The van der Waals surface area contributed by atoms with E-state index in [1.807, 2.05) is 24.3 Å². The molecule has 0 aliphatic heterocycles. The maximum atomic E-state index is 10.7. The SMILES string of the molecule is Cc1cccc2cccc(-c3ccc(C=O)cc3)c12. The molecule has 0 fully saturated rings. The van der Waals surface area contributed by atoms with Crippen LogP contribution in [0.2, 0.25) is 0 Å². The Labute approximate surface area is 112 Å². The van der Waals surface area contributed by atoms with Crippen molar-refractivity contribution >= 4 is 17.1 Å². The van der Waals surface area contributed by atoms with Crippen LogP contribution >= 0.6 is 0 Å². The van der Waals surface area contributed by atoms with E-state index in [4.69, 9.17) is 0 Å². The molecule has 3 aromatic carbocycles. The van der Waals surface area contributed by atoms with Crippen molar-refractivity contribution in [3.63, 3.8) is 0 Å². The summed E-state index contributed by atoms with van der Waals surface area (Å²) in [6.07, 6.45) is 0.873. The van der Waals surface area contributed by atoms with Gasteiger partial charge in [0.05, 0.1) is 0 Å². The summed E-state index contributed by atoms with van der Waals surface area (Å²) >= 11 is 0. The lowest BCUT2D eigenvalue weighted by atomic mass is 9.95. The summed E-state index contributed by atoms with van der Waals surface area (Å²) in [5.74, 6) is 0. The zero-order valence-electron chi connectivity index (χ0n) is 10.8. The number of rotatable bonds is 2. The summed E-state index contributed by atoms with van der Waals surface area (Å²) < 4.78 is 0. The largest absolute Gasteiger partial charge is 0.298 e. The summed E-state index contributed by atoms with van der Waals surface area (Å²) in [7, 11) is 0. The Morgan fingerprint density at radius 2 is 1.53 bits per heavy atom. The molecule has 0 saturated heterocycles. The van der Waals surface area contributed by atoms with Crippen LogP contribution in [0.1, 0.15) is 15.9 Å². The number of carbonyl (C=O) groups is 1. The van der Waals surface area contributed by atoms with E-state index in [1.54, 1.807) is 0 Å². The van der Waals surface area contributed by atoms with E-state index < -0.39 is 0 Å². The Morgan fingerprint density at radius 3 is 2.21 bits per heavy atom. The van der Waals surface area contributed by atoms with Gasteiger partial charge in [-0.3, -0.25) is 4.79 Å². The van der Waals surface area contributed by atoms with E-state index in [0.717, 1.165) is 11.8 Å². The number of carbonyl (C=O) groups excluding carboxylic acids is 1. The predicted molar refractivity (Wildman–Crippen MR) is 79.5 cm³/mol. The molecule has 1 nitrogen and oxygen atoms in total. The molecule has 3 rings (SSSR count). The normalized spacial score (nSPS) is 10.6. The van der Waals surface area contributed by atoms with Gasteiger partial charge in [0.25, 0.3) is 0 Å². The van der Waals surface area contributed by atoms with Crippen LogP contribution in [-0.4, -0.2) is 6.29 Å². The lowest BCUT2D eigenvalue weighted by Gasteiger charge is -2.09. The number of fused-ring (bicyclic) bond motifs is 1. The van der Waals surface area contributed by atoms with Gasteiger partial charge in [-0.1, -0.05) is 60.7 Å². The van der Waals surface area contributed by atoms with Crippen molar-refractivity contribution < 1.29 is 4.79 Å². The highest BCUT2D eigenvalue weighted by molar-refractivity contribution is 5.99. The first-order valence-corrected chi connectivity index (χ1v) is 6.33. The maximum Gasteiger partial charge on any atom is 0.150 e. The summed E-state index contributed by atoms with van der Waals surface area (Å²) in [5.41, 5.74) is 4.34. The van der Waals surface area contributed by atoms with Crippen molar-refractivity contribution in [3.05, 3.63) is 71.8 Å². The first kappa shape index (κ1) is 11.7. The molecule has 3 aromatic rings. The molecule has 0 heterocycles. The van der Waals surface area contributed by atoms with Crippen LogP contribution in [0.5, 0.6) is 0 Å². The van der Waals surface area contributed by atoms with Gasteiger partial charge in [0.15, 0.2) is 0 Å². The number of hydrogen-bond donors (Lipinski definition) is 0. The van der Waals surface area contributed by atoms with Gasteiger partial charge in [-0.25, -0.2) is 0 Å². The van der Waals surface area contributed by atoms with E-state index in [9.17, 15) is 4.79 Å². The van der Waals surface area contributed by atoms with Crippen molar-refractivity contribution in [1.29, 1.82) is 0 Å². The van der Waals surface area contributed by atoms with Crippen molar-refractivity contribution in [2.45, 2.75) is 6.92 Å². The van der Waals surface area contributed by atoms with Gasteiger partial charge in [0.2, 0.25) is 0 Å². The van der Waals surface area contributed by atoms with E-state index in [1.165, 1.54) is 21.9 Å². The number of hydrogen-bond acceptors (Lipinski definition) is 1. The van der Waals surface area contributed by atoms with Gasteiger partial charge < -0.3 is 0 Å². The third-order valence-corrected chi connectivity index (χ3v) is 3.47. The Morgan fingerprint density at radius 1 is 0.842 bits per heavy atom. The summed E-state index contributed by atoms with van der Waals surface area (Å²) in [6, 6.07) is 20.4. The minimum absolute atomic E-state index is 0.709. The molecule has 1 heteroatoms. The van der Waals surface area contributed by atoms with Gasteiger partial charge in [-0.15, -0.1) is 0 Å². The van der Waals surface area contributed by atoms with Gasteiger partial charge in [0, 0.05) is 5.56 Å². The minimum Gasteiger partial charge on any atom is -0.298 e. The van der Waals surface area contributed by atoms with Gasteiger partial charge in [0.1, 0.15) is 6.29 Å². The molecule has 0 aromatic heterocycles. The van der Waals surface area contributed by atoms with Gasteiger partial charge in [-0.2, -0.15) is 0 Å². The monoisotopic (exact) mass is 246 g/mol. The molecule has 0 aliphatic rings. The zero-order chi connectivity index (χ0) is 13.2. The quantitative estimate of drug-likeness (QED) is 0.602. The van der Waals surface area contributed by atoms with E-state index >= 15 is 0 Å². The molecule has 0 spiro atoms. The molecule has 19 heavy (non-hydrogen) atoms. The Bertz CT molecular complexity index is 734.